The van der Waals surface area contributed by atoms with Gasteiger partial charge in [0.15, 0.2) is 12.6 Å². The van der Waals surface area contributed by atoms with E-state index in [-0.39, 0.29) is 18.9 Å². The summed E-state index contributed by atoms with van der Waals surface area (Å²) in [7, 11) is 0. The summed E-state index contributed by atoms with van der Waals surface area (Å²) in [5.41, 5.74) is 0. The molecule has 0 radical (unpaired) electrons. The van der Waals surface area contributed by atoms with E-state index >= 15 is 0 Å². The molecule has 0 spiro atoms. The van der Waals surface area contributed by atoms with Crippen molar-refractivity contribution in [3.05, 3.63) is 36.5 Å². The number of allylic oxidation sites excluding steroid dienone is 5. The van der Waals surface area contributed by atoms with Gasteiger partial charge in [0.1, 0.15) is 48.8 Å². The molecule has 0 aromatic carbocycles. The van der Waals surface area contributed by atoms with Gasteiger partial charge in [0.05, 0.1) is 32.0 Å². The van der Waals surface area contributed by atoms with E-state index in [0.717, 1.165) is 44.9 Å². The topological polar surface area (TPSA) is 228 Å². The minimum Gasteiger partial charge on any atom is -0.394 e. The summed E-state index contributed by atoms with van der Waals surface area (Å²) >= 11 is 0. The fraction of sp³-hybridized carbons (Fsp3) is 0.900. The summed E-state index contributed by atoms with van der Waals surface area (Å²) in [6, 6.07) is -0.914. The van der Waals surface area contributed by atoms with Gasteiger partial charge >= 0.3 is 0 Å². The largest absolute Gasteiger partial charge is 0.394 e. The highest BCUT2D eigenvalue weighted by Gasteiger charge is 2.51. The van der Waals surface area contributed by atoms with Crippen molar-refractivity contribution in [1.29, 1.82) is 0 Å². The van der Waals surface area contributed by atoms with Crippen molar-refractivity contribution in [2.45, 2.75) is 383 Å². The molecule has 2 aliphatic heterocycles. The normalized spacial score (nSPS) is 23.8. The summed E-state index contributed by atoms with van der Waals surface area (Å²) in [6.07, 6.45) is 53.4. The number of rotatable bonds is 58. The van der Waals surface area contributed by atoms with E-state index < -0.39 is 86.8 Å². The lowest BCUT2D eigenvalue weighted by atomic mass is 9.97. The van der Waals surface area contributed by atoms with Crippen LogP contribution >= 0.6 is 0 Å². The minimum atomic E-state index is -1.79. The van der Waals surface area contributed by atoms with E-state index in [0.29, 0.717) is 6.42 Å². The van der Waals surface area contributed by atoms with Gasteiger partial charge in [-0.2, -0.15) is 0 Å². The maximum Gasteiger partial charge on any atom is 0.220 e. The number of carbonyl (C=O) groups excluding carboxylic acids is 1. The summed E-state index contributed by atoms with van der Waals surface area (Å²) < 4.78 is 22.9. The lowest BCUT2D eigenvalue weighted by molar-refractivity contribution is -0.359. The Hall–Kier alpha value is -1.79. The van der Waals surface area contributed by atoms with Gasteiger partial charge < -0.3 is 65.1 Å². The summed E-state index contributed by atoms with van der Waals surface area (Å²) in [5, 5.41) is 87.4. The predicted octanol–water partition coefficient (Wildman–Crippen LogP) is 14.1. The molecular weight excluding hydrogens is 1060 g/mol. The Balaban J connectivity index is 1.67. The molecule has 84 heavy (non-hydrogen) atoms. The number of carbonyl (C=O) groups is 1. The third kappa shape index (κ3) is 39.3. The first-order chi connectivity index (χ1) is 41.1. The first-order valence-electron chi connectivity index (χ1n) is 35.2. The monoisotopic (exact) mass is 1190 g/mol. The molecule has 0 aromatic rings. The van der Waals surface area contributed by atoms with E-state index in [9.17, 15) is 45.6 Å². The zero-order chi connectivity index (χ0) is 60.9. The smallest absolute Gasteiger partial charge is 0.220 e. The number of aliphatic hydroxyl groups is 8. The number of amides is 1. The van der Waals surface area contributed by atoms with Crippen LogP contribution in [0.15, 0.2) is 36.5 Å². The van der Waals surface area contributed by atoms with Gasteiger partial charge in [-0.25, -0.2) is 0 Å². The second kappa shape index (κ2) is 55.3. The van der Waals surface area contributed by atoms with Crippen LogP contribution in [0.5, 0.6) is 0 Å². The van der Waals surface area contributed by atoms with E-state index in [4.69, 9.17) is 18.9 Å². The maximum atomic E-state index is 13.3. The number of ether oxygens (including phenoxy) is 4. The van der Waals surface area contributed by atoms with Gasteiger partial charge in [0.25, 0.3) is 0 Å². The molecule has 1 amide bonds. The highest BCUT2D eigenvalue weighted by molar-refractivity contribution is 5.76. The standard InChI is InChI=1S/C70H131NO13/c1-3-5-7-9-11-13-15-17-19-21-23-25-26-27-28-29-30-31-32-34-36-38-40-42-44-46-48-50-52-54-62(75)71-58(59(74)53-51-49-47-45-43-41-39-37-35-33-24-22-20-18-16-14-12-10-8-6-4-2)57-81-69-67(80)65(78)68(61(56-73)83-69)84-70-66(79)64(77)63(76)60(55-72)82-70/h15,17,21,23,51,53,58-61,63-70,72-74,76-80H,3-14,16,18-20,22,24-50,52,54-57H2,1-2H3,(H,71,75)/b17-15-,23-21-,53-51+. The summed E-state index contributed by atoms with van der Waals surface area (Å²) in [4.78, 5) is 13.3. The van der Waals surface area contributed by atoms with Crippen molar-refractivity contribution in [1.82, 2.24) is 5.32 Å². The van der Waals surface area contributed by atoms with Gasteiger partial charge in [0, 0.05) is 6.42 Å². The average molecular weight is 1190 g/mol. The molecule has 0 saturated carbocycles. The molecule has 0 aromatic heterocycles. The third-order valence-electron chi connectivity index (χ3n) is 17.3. The highest BCUT2D eigenvalue weighted by atomic mass is 16.7. The van der Waals surface area contributed by atoms with Crippen LogP contribution in [0.25, 0.3) is 0 Å². The fourth-order valence-electron chi connectivity index (χ4n) is 11.7. The molecule has 0 aliphatic carbocycles. The molecule has 9 N–H and O–H groups in total. The van der Waals surface area contributed by atoms with Crippen molar-refractivity contribution in [3.8, 4) is 0 Å². The van der Waals surface area contributed by atoms with Crippen LogP contribution in [0.4, 0.5) is 0 Å². The molecule has 2 saturated heterocycles. The zero-order valence-electron chi connectivity index (χ0n) is 53.7. The molecule has 2 fully saturated rings. The van der Waals surface area contributed by atoms with Crippen LogP contribution in [-0.2, 0) is 23.7 Å². The van der Waals surface area contributed by atoms with Crippen LogP contribution in [0.1, 0.15) is 309 Å². The molecule has 2 rings (SSSR count). The molecule has 14 heteroatoms. The van der Waals surface area contributed by atoms with E-state index in [1.807, 2.05) is 6.08 Å². The van der Waals surface area contributed by atoms with Crippen LogP contribution < -0.4 is 5.32 Å². The van der Waals surface area contributed by atoms with Gasteiger partial charge in [-0.3, -0.25) is 4.79 Å². The van der Waals surface area contributed by atoms with Crippen LogP contribution in [-0.4, -0.2) is 140 Å². The Morgan fingerprint density at radius 2 is 0.786 bits per heavy atom. The van der Waals surface area contributed by atoms with Gasteiger partial charge in [-0.1, -0.05) is 288 Å². The Kier molecular flexibility index (Phi) is 51.5. The van der Waals surface area contributed by atoms with Crippen molar-refractivity contribution in [3.63, 3.8) is 0 Å². The molecule has 14 nitrogen and oxygen atoms in total. The number of unbranched alkanes of at least 4 members (excludes halogenated alkanes) is 41. The molecule has 494 valence electrons. The van der Waals surface area contributed by atoms with E-state index in [2.05, 4.69) is 43.5 Å². The van der Waals surface area contributed by atoms with Crippen LogP contribution in [0.3, 0.4) is 0 Å². The fourth-order valence-corrected chi connectivity index (χ4v) is 11.7. The van der Waals surface area contributed by atoms with Gasteiger partial charge in [0.2, 0.25) is 5.91 Å². The Morgan fingerprint density at radius 3 is 1.19 bits per heavy atom. The zero-order valence-corrected chi connectivity index (χ0v) is 53.7. The first kappa shape index (κ1) is 78.3. The number of aliphatic hydroxyl groups excluding tert-OH is 8. The molecule has 2 aliphatic rings. The minimum absolute atomic E-state index is 0.234. The lowest BCUT2D eigenvalue weighted by Gasteiger charge is -2.46. The lowest BCUT2D eigenvalue weighted by Crippen LogP contribution is -2.65. The second-order valence-electron chi connectivity index (χ2n) is 25.0. The molecule has 2 heterocycles. The number of hydrogen-bond donors (Lipinski definition) is 9. The molecule has 12 unspecified atom stereocenters. The van der Waals surface area contributed by atoms with E-state index in [1.165, 1.54) is 238 Å². The first-order valence-corrected chi connectivity index (χ1v) is 35.2. The van der Waals surface area contributed by atoms with Crippen molar-refractivity contribution < 1.29 is 64.6 Å². The second-order valence-corrected chi connectivity index (χ2v) is 25.0. The number of hydrogen-bond acceptors (Lipinski definition) is 13. The Bertz CT molecular complexity index is 1550. The van der Waals surface area contributed by atoms with Crippen LogP contribution in [0, 0.1) is 0 Å². The van der Waals surface area contributed by atoms with E-state index in [1.54, 1.807) is 6.08 Å². The molecule has 0 bridgehead atoms. The predicted molar refractivity (Wildman–Crippen MR) is 341 cm³/mol. The third-order valence-corrected chi connectivity index (χ3v) is 17.3. The van der Waals surface area contributed by atoms with Gasteiger partial charge in [-0.05, 0) is 51.4 Å². The molecule has 12 atom stereocenters. The SMILES string of the molecule is CCCCCCC/C=C\C/C=C\CCCCCCCCCCCCCCCCCCCC(=O)NC(COC1OC(CO)C(OC2OC(CO)C(O)C(O)C2O)C(O)C1O)C(O)/C=C/CCCCCCCCCCCCCCCCCCCCC. The van der Waals surface area contributed by atoms with Gasteiger partial charge in [-0.15, -0.1) is 0 Å². The summed E-state index contributed by atoms with van der Waals surface area (Å²) in [6.45, 7) is 2.83. The van der Waals surface area contributed by atoms with Crippen molar-refractivity contribution >= 4 is 5.91 Å². The quantitative estimate of drug-likeness (QED) is 0.0204. The van der Waals surface area contributed by atoms with Crippen molar-refractivity contribution in [2.75, 3.05) is 19.8 Å². The molecular formula is C70H131NO13. The number of nitrogens with one attached hydrogen (secondary N) is 1. The van der Waals surface area contributed by atoms with Crippen LogP contribution in [0.2, 0.25) is 0 Å². The summed E-state index contributed by atoms with van der Waals surface area (Å²) in [5.74, 6) is -0.234. The Labute approximate surface area is 512 Å². The average Bonchev–Trinajstić information content (AvgIpc) is 3.24. The Morgan fingerprint density at radius 1 is 0.429 bits per heavy atom. The highest BCUT2D eigenvalue weighted by Crippen LogP contribution is 2.30. The van der Waals surface area contributed by atoms with Crippen molar-refractivity contribution in [2.24, 2.45) is 0 Å². The maximum absolute atomic E-state index is 13.3.